The van der Waals surface area contributed by atoms with Crippen LogP contribution in [0.5, 0.6) is 0 Å². The van der Waals surface area contributed by atoms with Crippen LogP contribution in [0.1, 0.15) is 0 Å². The fourth-order valence-electron chi connectivity index (χ4n) is 1.20. The Bertz CT molecular complexity index is 477. The zero-order valence-electron chi connectivity index (χ0n) is 6.65. The van der Waals surface area contributed by atoms with Crippen molar-refractivity contribution in [1.29, 1.82) is 0 Å². The van der Waals surface area contributed by atoms with Crippen LogP contribution in [0.3, 0.4) is 0 Å². The predicted octanol–water partition coefficient (Wildman–Crippen LogP) is -0.187. The molecule has 0 unspecified atom stereocenters. The lowest BCUT2D eigenvalue weighted by molar-refractivity contribution is -0.582. The van der Waals surface area contributed by atoms with Gasteiger partial charge in [0.25, 0.3) is 5.52 Å². The van der Waals surface area contributed by atoms with Gasteiger partial charge in [-0.15, -0.1) is 4.73 Å². The van der Waals surface area contributed by atoms with Gasteiger partial charge in [-0.3, -0.25) is 0 Å². The molecular weight excluding hydrogens is 172 g/mol. The number of nitrogens with zero attached hydrogens (tertiary/aromatic N) is 1. The summed E-state index contributed by atoms with van der Waals surface area (Å²) in [6, 6.07) is 1.43. The molecule has 0 amide bonds. The Morgan fingerprint density at radius 1 is 1.23 bits per heavy atom. The number of anilines is 3. The molecule has 1 aromatic heterocycles. The van der Waals surface area contributed by atoms with Gasteiger partial charge >= 0.3 is 6.39 Å². The van der Waals surface area contributed by atoms with E-state index in [0.29, 0.717) is 10.4 Å². The van der Waals surface area contributed by atoms with E-state index in [1.807, 2.05) is 0 Å². The number of benzene rings is 1. The fourth-order valence-corrected chi connectivity index (χ4v) is 1.20. The molecule has 6 heteroatoms. The molecule has 0 aliphatic heterocycles. The third-order valence-corrected chi connectivity index (χ3v) is 1.84. The SMILES string of the molecule is Nc1cc(N)c2c(oc[n+]2[O-])c1N. The summed E-state index contributed by atoms with van der Waals surface area (Å²) in [5.41, 5.74) is 17.9. The van der Waals surface area contributed by atoms with Gasteiger partial charge < -0.3 is 26.8 Å². The number of nitrogen functional groups attached to an aromatic ring is 3. The number of oxazole rings is 1. The highest BCUT2D eigenvalue weighted by molar-refractivity contribution is 5.97. The van der Waals surface area contributed by atoms with Crippen molar-refractivity contribution in [2.24, 2.45) is 0 Å². The second-order valence-corrected chi connectivity index (χ2v) is 2.70. The first-order chi connectivity index (χ1) is 6.11. The lowest BCUT2D eigenvalue weighted by atomic mass is 10.2. The maximum Gasteiger partial charge on any atom is 0.347 e. The number of aromatic nitrogens is 1. The van der Waals surface area contributed by atoms with Gasteiger partial charge in [0.05, 0.1) is 5.69 Å². The first-order valence-corrected chi connectivity index (χ1v) is 3.55. The van der Waals surface area contributed by atoms with E-state index >= 15 is 0 Å². The van der Waals surface area contributed by atoms with Crippen molar-refractivity contribution < 1.29 is 9.15 Å². The molecule has 0 saturated heterocycles. The molecule has 2 aromatic rings. The first-order valence-electron chi connectivity index (χ1n) is 3.55. The van der Waals surface area contributed by atoms with Gasteiger partial charge in [0.15, 0.2) is 0 Å². The molecule has 0 saturated carbocycles. The van der Waals surface area contributed by atoms with Gasteiger partial charge in [0.2, 0.25) is 5.58 Å². The van der Waals surface area contributed by atoms with Gasteiger partial charge in [0, 0.05) is 0 Å². The molecule has 68 valence electrons. The van der Waals surface area contributed by atoms with Crippen molar-refractivity contribution in [2.75, 3.05) is 17.2 Å². The maximum atomic E-state index is 11.1. The van der Waals surface area contributed by atoms with Crippen LogP contribution in [0.25, 0.3) is 11.1 Å². The molecule has 0 atom stereocenters. The molecule has 6 nitrogen and oxygen atoms in total. The maximum absolute atomic E-state index is 11.1. The molecular formula is C7H8N4O2. The van der Waals surface area contributed by atoms with Crippen molar-refractivity contribution in [2.45, 2.75) is 0 Å². The summed E-state index contributed by atoms with van der Waals surface area (Å²) in [5.74, 6) is 0. The fraction of sp³-hybridized carbons (Fsp3) is 0. The number of nitrogens with two attached hydrogens (primary N) is 3. The molecule has 6 N–H and O–H groups in total. The van der Waals surface area contributed by atoms with E-state index in [1.165, 1.54) is 6.07 Å². The number of fused-ring (bicyclic) bond motifs is 1. The number of hydrogen-bond donors (Lipinski definition) is 3. The average Bonchev–Trinajstić information content (AvgIpc) is 2.44. The van der Waals surface area contributed by atoms with Crippen LogP contribution in [-0.2, 0) is 0 Å². The molecule has 0 spiro atoms. The van der Waals surface area contributed by atoms with Crippen molar-refractivity contribution in [3.63, 3.8) is 0 Å². The summed E-state index contributed by atoms with van der Waals surface area (Å²) in [4.78, 5) is 0. The van der Waals surface area contributed by atoms with Crippen molar-refractivity contribution in [1.82, 2.24) is 0 Å². The molecule has 0 aliphatic carbocycles. The van der Waals surface area contributed by atoms with Crippen LogP contribution in [0.2, 0.25) is 0 Å². The second kappa shape index (κ2) is 2.19. The summed E-state index contributed by atoms with van der Waals surface area (Å²) >= 11 is 0. The van der Waals surface area contributed by atoms with Gasteiger partial charge in [-0.25, -0.2) is 0 Å². The van der Waals surface area contributed by atoms with Crippen LogP contribution in [0, 0.1) is 5.21 Å². The van der Waals surface area contributed by atoms with Crippen LogP contribution in [0.4, 0.5) is 17.1 Å². The number of hydrogen-bond acceptors (Lipinski definition) is 5. The van der Waals surface area contributed by atoms with Crippen molar-refractivity contribution in [3.8, 4) is 0 Å². The van der Waals surface area contributed by atoms with Gasteiger partial charge in [-0.05, 0) is 6.07 Å². The third kappa shape index (κ3) is 0.851. The third-order valence-electron chi connectivity index (χ3n) is 1.84. The zero-order valence-corrected chi connectivity index (χ0v) is 6.65. The van der Waals surface area contributed by atoms with E-state index in [0.717, 1.165) is 6.39 Å². The second-order valence-electron chi connectivity index (χ2n) is 2.70. The molecule has 13 heavy (non-hydrogen) atoms. The molecule has 0 bridgehead atoms. The molecule has 1 heterocycles. The Morgan fingerprint density at radius 3 is 2.62 bits per heavy atom. The Morgan fingerprint density at radius 2 is 1.92 bits per heavy atom. The van der Waals surface area contributed by atoms with E-state index in [9.17, 15) is 5.21 Å². The largest absolute Gasteiger partial charge is 0.616 e. The minimum atomic E-state index is 0.215. The van der Waals surface area contributed by atoms with Crippen molar-refractivity contribution in [3.05, 3.63) is 17.7 Å². The quantitative estimate of drug-likeness (QED) is 0.295. The summed E-state index contributed by atoms with van der Waals surface area (Å²) < 4.78 is 5.42. The highest BCUT2D eigenvalue weighted by atomic mass is 16.5. The van der Waals surface area contributed by atoms with E-state index in [2.05, 4.69) is 0 Å². The summed E-state index contributed by atoms with van der Waals surface area (Å²) in [5, 5.41) is 11.1. The molecule has 2 rings (SSSR count). The Kier molecular flexibility index (Phi) is 1.27. The smallest absolute Gasteiger partial charge is 0.347 e. The molecule has 0 radical (unpaired) electrons. The van der Waals surface area contributed by atoms with Gasteiger partial charge in [-0.1, -0.05) is 0 Å². The minimum absolute atomic E-state index is 0.215. The summed E-state index contributed by atoms with van der Waals surface area (Å²) in [6.07, 6.45) is 0.983. The Labute approximate surface area is 73.1 Å². The minimum Gasteiger partial charge on any atom is -0.616 e. The number of rotatable bonds is 0. The first kappa shape index (κ1) is 7.53. The average molecular weight is 180 g/mol. The monoisotopic (exact) mass is 180 g/mol. The summed E-state index contributed by atoms with van der Waals surface area (Å²) in [7, 11) is 0. The van der Waals surface area contributed by atoms with E-state index < -0.39 is 0 Å². The van der Waals surface area contributed by atoms with Crippen LogP contribution in [0.15, 0.2) is 16.9 Å². The molecule has 0 fully saturated rings. The van der Waals surface area contributed by atoms with E-state index in [-0.39, 0.29) is 22.5 Å². The normalized spacial score (nSPS) is 10.8. The van der Waals surface area contributed by atoms with Crippen LogP contribution >= 0.6 is 0 Å². The molecule has 1 aromatic carbocycles. The lowest BCUT2D eigenvalue weighted by Gasteiger charge is -2.00. The van der Waals surface area contributed by atoms with Crippen molar-refractivity contribution >= 4 is 28.2 Å². The van der Waals surface area contributed by atoms with Crippen LogP contribution < -0.4 is 21.9 Å². The van der Waals surface area contributed by atoms with Gasteiger partial charge in [-0.2, -0.15) is 0 Å². The van der Waals surface area contributed by atoms with Crippen LogP contribution in [-0.4, -0.2) is 0 Å². The predicted molar refractivity (Wildman–Crippen MR) is 48.4 cm³/mol. The standard InChI is InChI=1S/C7H8N4O2/c8-3-1-4(9)6-7(5(3)10)13-2-11(6)12/h1-2H,8-10H2. The van der Waals surface area contributed by atoms with E-state index in [1.54, 1.807) is 0 Å². The Hall–Kier alpha value is -2.11. The highest BCUT2D eigenvalue weighted by Crippen LogP contribution is 2.29. The highest BCUT2D eigenvalue weighted by Gasteiger charge is 2.17. The summed E-state index contributed by atoms with van der Waals surface area (Å²) in [6.45, 7) is 0. The van der Waals surface area contributed by atoms with Gasteiger partial charge in [0.1, 0.15) is 11.4 Å². The van der Waals surface area contributed by atoms with E-state index in [4.69, 9.17) is 21.6 Å². The zero-order chi connectivity index (χ0) is 9.59. The lowest BCUT2D eigenvalue weighted by Crippen LogP contribution is -2.23. The molecule has 0 aliphatic rings. The topological polar surface area (TPSA) is 118 Å². The Balaban J connectivity index is 2.99.